The number of esters is 1. The summed E-state index contributed by atoms with van der Waals surface area (Å²) in [5.41, 5.74) is 2.23. The first-order valence-electron chi connectivity index (χ1n) is 9.92. The molecular weight excluding hydrogens is 370 g/mol. The number of nitrogens with one attached hydrogen (secondary N) is 1. The van der Waals surface area contributed by atoms with E-state index in [4.69, 9.17) is 14.2 Å². The van der Waals surface area contributed by atoms with Crippen LogP contribution in [0.25, 0.3) is 0 Å². The number of carbonyl (C=O) groups is 2. The van der Waals surface area contributed by atoms with Gasteiger partial charge in [-0.2, -0.15) is 0 Å². The van der Waals surface area contributed by atoms with Crippen molar-refractivity contribution in [2.45, 2.75) is 38.7 Å². The van der Waals surface area contributed by atoms with Crippen molar-refractivity contribution in [3.8, 4) is 5.75 Å². The Morgan fingerprint density at radius 1 is 1.10 bits per heavy atom. The van der Waals surface area contributed by atoms with Crippen LogP contribution in [0.1, 0.15) is 48.5 Å². The van der Waals surface area contributed by atoms with E-state index in [1.807, 2.05) is 24.3 Å². The van der Waals surface area contributed by atoms with Crippen molar-refractivity contribution in [1.29, 1.82) is 0 Å². The zero-order chi connectivity index (χ0) is 20.6. The molecule has 1 saturated heterocycles. The molecule has 154 valence electrons. The van der Waals surface area contributed by atoms with Crippen LogP contribution in [0.5, 0.6) is 5.75 Å². The van der Waals surface area contributed by atoms with Gasteiger partial charge >= 0.3 is 5.97 Å². The lowest BCUT2D eigenvalue weighted by atomic mass is 10.0. The lowest BCUT2D eigenvalue weighted by Crippen LogP contribution is -2.21. The minimum atomic E-state index is -0.555. The molecule has 0 radical (unpaired) electrons. The number of rotatable bonds is 8. The van der Waals surface area contributed by atoms with E-state index in [9.17, 15) is 9.59 Å². The SMILES string of the molecule is CC(C)c1ccc(NC(=O)COC(=O)c2ccc(OC[C@@H]3CCCO3)cc2)cc1. The summed E-state index contributed by atoms with van der Waals surface area (Å²) in [5, 5.41) is 2.72. The summed E-state index contributed by atoms with van der Waals surface area (Å²) in [6.07, 6.45) is 2.21. The molecule has 6 nitrogen and oxygen atoms in total. The Morgan fingerprint density at radius 2 is 1.83 bits per heavy atom. The van der Waals surface area contributed by atoms with E-state index in [1.54, 1.807) is 24.3 Å². The number of ether oxygens (including phenoxy) is 3. The number of carbonyl (C=O) groups excluding carboxylic acids is 2. The highest BCUT2D eigenvalue weighted by Gasteiger charge is 2.16. The van der Waals surface area contributed by atoms with Crippen LogP contribution in [-0.2, 0) is 14.3 Å². The van der Waals surface area contributed by atoms with Crippen LogP contribution in [0, 0.1) is 0 Å². The molecule has 3 rings (SSSR count). The van der Waals surface area contributed by atoms with Crippen molar-refractivity contribution in [2.75, 3.05) is 25.1 Å². The zero-order valence-corrected chi connectivity index (χ0v) is 16.9. The predicted octanol–water partition coefficient (Wildman–Crippen LogP) is 4.16. The van der Waals surface area contributed by atoms with E-state index in [-0.39, 0.29) is 18.6 Å². The molecule has 0 saturated carbocycles. The molecule has 0 spiro atoms. The van der Waals surface area contributed by atoms with Crippen LogP contribution in [0.15, 0.2) is 48.5 Å². The first-order chi connectivity index (χ1) is 14.0. The highest BCUT2D eigenvalue weighted by molar-refractivity contribution is 5.95. The van der Waals surface area contributed by atoms with Crippen molar-refractivity contribution in [3.05, 3.63) is 59.7 Å². The summed E-state index contributed by atoms with van der Waals surface area (Å²) in [5.74, 6) is 0.154. The Balaban J connectivity index is 1.42. The number of benzene rings is 2. The zero-order valence-electron chi connectivity index (χ0n) is 16.9. The Morgan fingerprint density at radius 3 is 2.45 bits per heavy atom. The third kappa shape index (κ3) is 6.32. The van der Waals surface area contributed by atoms with E-state index in [0.29, 0.717) is 29.5 Å². The molecule has 0 aromatic heterocycles. The second kappa shape index (κ2) is 10.1. The molecule has 1 aliphatic heterocycles. The van der Waals surface area contributed by atoms with Crippen molar-refractivity contribution in [2.24, 2.45) is 0 Å². The average Bonchev–Trinajstić information content (AvgIpc) is 3.25. The molecule has 6 heteroatoms. The first-order valence-corrected chi connectivity index (χ1v) is 9.92. The molecule has 0 aliphatic carbocycles. The molecular formula is C23H27NO5. The van der Waals surface area contributed by atoms with Gasteiger partial charge in [0.05, 0.1) is 11.7 Å². The van der Waals surface area contributed by atoms with Crippen LogP contribution in [0.2, 0.25) is 0 Å². The largest absolute Gasteiger partial charge is 0.491 e. The summed E-state index contributed by atoms with van der Waals surface area (Å²) < 4.78 is 16.3. The van der Waals surface area contributed by atoms with Gasteiger partial charge in [0.2, 0.25) is 0 Å². The van der Waals surface area contributed by atoms with Crippen LogP contribution < -0.4 is 10.1 Å². The molecule has 1 heterocycles. The Labute approximate surface area is 171 Å². The maximum atomic E-state index is 12.1. The summed E-state index contributed by atoms with van der Waals surface area (Å²) in [7, 11) is 0. The van der Waals surface area contributed by atoms with Gasteiger partial charge in [-0.3, -0.25) is 4.79 Å². The maximum absolute atomic E-state index is 12.1. The van der Waals surface area contributed by atoms with Crippen molar-refractivity contribution in [1.82, 2.24) is 0 Å². The topological polar surface area (TPSA) is 73.9 Å². The van der Waals surface area contributed by atoms with Gasteiger partial charge < -0.3 is 19.5 Å². The minimum Gasteiger partial charge on any atom is -0.491 e. The van der Waals surface area contributed by atoms with Gasteiger partial charge in [0, 0.05) is 12.3 Å². The molecule has 1 N–H and O–H groups in total. The summed E-state index contributed by atoms with van der Waals surface area (Å²) in [6, 6.07) is 14.3. The monoisotopic (exact) mass is 397 g/mol. The molecule has 1 amide bonds. The fraction of sp³-hybridized carbons (Fsp3) is 0.391. The summed E-state index contributed by atoms with van der Waals surface area (Å²) in [6.45, 7) is 5.16. The Bertz CT molecular complexity index is 808. The van der Waals surface area contributed by atoms with E-state index in [1.165, 1.54) is 5.56 Å². The third-order valence-corrected chi connectivity index (χ3v) is 4.75. The van der Waals surface area contributed by atoms with E-state index in [2.05, 4.69) is 19.2 Å². The number of hydrogen-bond donors (Lipinski definition) is 1. The molecule has 1 fully saturated rings. The number of anilines is 1. The smallest absolute Gasteiger partial charge is 0.338 e. The molecule has 0 bridgehead atoms. The van der Waals surface area contributed by atoms with E-state index < -0.39 is 5.97 Å². The van der Waals surface area contributed by atoms with Crippen LogP contribution in [0.3, 0.4) is 0 Å². The molecule has 0 unspecified atom stereocenters. The van der Waals surface area contributed by atoms with Gasteiger partial charge in [0.25, 0.3) is 5.91 Å². The van der Waals surface area contributed by atoms with Crippen LogP contribution in [0.4, 0.5) is 5.69 Å². The molecule has 1 atom stereocenters. The second-order valence-electron chi connectivity index (χ2n) is 7.37. The molecule has 1 aliphatic rings. The van der Waals surface area contributed by atoms with E-state index in [0.717, 1.165) is 19.4 Å². The third-order valence-electron chi connectivity index (χ3n) is 4.75. The fourth-order valence-corrected chi connectivity index (χ4v) is 3.02. The quantitative estimate of drug-likeness (QED) is 0.677. The lowest BCUT2D eigenvalue weighted by molar-refractivity contribution is -0.119. The van der Waals surface area contributed by atoms with Gasteiger partial charge in [-0.1, -0.05) is 26.0 Å². The van der Waals surface area contributed by atoms with Gasteiger partial charge in [-0.25, -0.2) is 4.79 Å². The van der Waals surface area contributed by atoms with Crippen LogP contribution >= 0.6 is 0 Å². The van der Waals surface area contributed by atoms with Gasteiger partial charge in [-0.05, 0) is 60.7 Å². The minimum absolute atomic E-state index is 0.139. The summed E-state index contributed by atoms with van der Waals surface area (Å²) in [4.78, 5) is 24.1. The number of hydrogen-bond acceptors (Lipinski definition) is 5. The van der Waals surface area contributed by atoms with Crippen molar-refractivity contribution in [3.63, 3.8) is 0 Å². The normalized spacial score (nSPS) is 15.9. The van der Waals surface area contributed by atoms with Gasteiger partial charge in [0.1, 0.15) is 12.4 Å². The fourth-order valence-electron chi connectivity index (χ4n) is 3.02. The van der Waals surface area contributed by atoms with Gasteiger partial charge in [0.15, 0.2) is 6.61 Å². The Hall–Kier alpha value is -2.86. The van der Waals surface area contributed by atoms with Crippen molar-refractivity contribution < 1.29 is 23.8 Å². The second-order valence-corrected chi connectivity index (χ2v) is 7.37. The van der Waals surface area contributed by atoms with Crippen LogP contribution in [-0.4, -0.2) is 37.8 Å². The summed E-state index contributed by atoms with van der Waals surface area (Å²) >= 11 is 0. The average molecular weight is 397 g/mol. The standard InChI is InChI=1S/C23H27NO5/c1-16(2)17-5-9-19(10-6-17)24-22(25)15-29-23(26)18-7-11-20(12-8-18)28-14-21-4-3-13-27-21/h5-12,16,21H,3-4,13-15H2,1-2H3,(H,24,25)/t21-/m0/s1. The molecule has 29 heavy (non-hydrogen) atoms. The van der Waals surface area contributed by atoms with Gasteiger partial charge in [-0.15, -0.1) is 0 Å². The lowest BCUT2D eigenvalue weighted by Gasteiger charge is -2.12. The first kappa shape index (κ1) is 20.9. The highest BCUT2D eigenvalue weighted by Crippen LogP contribution is 2.18. The predicted molar refractivity (Wildman–Crippen MR) is 110 cm³/mol. The number of amides is 1. The van der Waals surface area contributed by atoms with Crippen molar-refractivity contribution >= 4 is 17.6 Å². The molecule has 2 aromatic rings. The molecule has 2 aromatic carbocycles. The Kier molecular flexibility index (Phi) is 7.25. The van der Waals surface area contributed by atoms with E-state index >= 15 is 0 Å². The highest BCUT2D eigenvalue weighted by atomic mass is 16.5. The maximum Gasteiger partial charge on any atom is 0.338 e.